The van der Waals surface area contributed by atoms with Crippen molar-refractivity contribution in [2.75, 3.05) is 6.61 Å². The molecule has 0 amide bonds. The molecule has 128 valence electrons. The summed E-state index contributed by atoms with van der Waals surface area (Å²) < 4.78 is 19.6. The molecule has 2 aromatic rings. The lowest BCUT2D eigenvalue weighted by Crippen LogP contribution is -1.99. The normalized spacial score (nSPS) is 9.68. The Hall–Kier alpha value is -2.47. The number of nitrogens with zero attached hydrogens (tertiary/aromatic N) is 1. The van der Waals surface area contributed by atoms with Gasteiger partial charge < -0.3 is 4.74 Å². The molecule has 0 saturated carbocycles. The van der Waals surface area contributed by atoms with Gasteiger partial charge in [-0.05, 0) is 61.1 Å². The van der Waals surface area contributed by atoms with Crippen molar-refractivity contribution in [1.29, 1.82) is 0 Å². The number of unbranched alkanes of at least 4 members (excludes halogenated alkanes) is 3. The number of ether oxygens (including phenoxy) is 1. The maximum absolute atomic E-state index is 14.1. The Balaban J connectivity index is 1.97. The average Bonchev–Trinajstić information content (AvgIpc) is 2.63. The summed E-state index contributed by atoms with van der Waals surface area (Å²) in [4.78, 5) is 3.88. The molecule has 2 aromatic carbocycles. The molecule has 0 fully saturated rings. The van der Waals surface area contributed by atoms with E-state index in [9.17, 15) is 4.39 Å². The van der Waals surface area contributed by atoms with Crippen LogP contribution in [0.4, 0.5) is 10.1 Å². The van der Waals surface area contributed by atoms with Crippen molar-refractivity contribution in [2.45, 2.75) is 32.6 Å². The second-order valence-electron chi connectivity index (χ2n) is 5.55. The molecule has 0 aliphatic rings. The fraction of sp³-hybridized carbons (Fsp3) is 0.286. The molecule has 0 aliphatic carbocycles. The zero-order valence-corrected chi connectivity index (χ0v) is 15.0. The van der Waals surface area contributed by atoms with Gasteiger partial charge in [0.25, 0.3) is 0 Å². The van der Waals surface area contributed by atoms with E-state index in [0.717, 1.165) is 24.1 Å². The van der Waals surface area contributed by atoms with Crippen LogP contribution in [0.1, 0.15) is 43.7 Å². The SMILES string of the molecule is CCCCCCOc1ccc(C#Cc2ccc(N=C=S)cc2)cc1F. The summed E-state index contributed by atoms with van der Waals surface area (Å²) in [6.45, 7) is 2.70. The van der Waals surface area contributed by atoms with Crippen LogP contribution in [-0.2, 0) is 0 Å². The third kappa shape index (κ3) is 6.51. The molecule has 0 atom stereocenters. The first-order valence-corrected chi connectivity index (χ1v) is 8.76. The molecule has 2 nitrogen and oxygen atoms in total. The average molecular weight is 353 g/mol. The largest absolute Gasteiger partial charge is 0.491 e. The van der Waals surface area contributed by atoms with Gasteiger partial charge in [0.2, 0.25) is 0 Å². The van der Waals surface area contributed by atoms with Crippen LogP contribution in [-0.4, -0.2) is 11.8 Å². The van der Waals surface area contributed by atoms with Gasteiger partial charge in [-0.2, -0.15) is 4.99 Å². The van der Waals surface area contributed by atoms with Crippen LogP contribution in [0.2, 0.25) is 0 Å². The molecule has 0 N–H and O–H groups in total. The summed E-state index contributed by atoms with van der Waals surface area (Å²) in [6, 6.07) is 12.1. The van der Waals surface area contributed by atoms with Gasteiger partial charge >= 0.3 is 0 Å². The molecule has 0 heterocycles. The van der Waals surface area contributed by atoms with Crippen molar-refractivity contribution in [1.82, 2.24) is 0 Å². The molecule has 4 heteroatoms. The third-order valence-corrected chi connectivity index (χ3v) is 3.67. The summed E-state index contributed by atoms with van der Waals surface area (Å²) in [6.07, 6.45) is 4.40. The van der Waals surface area contributed by atoms with E-state index in [1.54, 1.807) is 24.3 Å². The molecule has 0 unspecified atom stereocenters. The number of halogens is 1. The number of hydrogen-bond donors (Lipinski definition) is 0. The van der Waals surface area contributed by atoms with Crippen molar-refractivity contribution >= 4 is 23.1 Å². The van der Waals surface area contributed by atoms with Gasteiger partial charge in [0.05, 0.1) is 17.5 Å². The predicted octanol–water partition coefficient (Wildman–Crippen LogP) is 5.92. The number of thiocarbonyl (C=S) groups is 1. The van der Waals surface area contributed by atoms with Crippen molar-refractivity contribution in [3.63, 3.8) is 0 Å². The minimum Gasteiger partial charge on any atom is -0.491 e. The summed E-state index contributed by atoms with van der Waals surface area (Å²) in [5, 5.41) is 2.32. The van der Waals surface area contributed by atoms with Gasteiger partial charge in [0.1, 0.15) is 0 Å². The van der Waals surface area contributed by atoms with Crippen LogP contribution < -0.4 is 4.74 Å². The van der Waals surface area contributed by atoms with Gasteiger partial charge in [0, 0.05) is 11.1 Å². The van der Waals surface area contributed by atoms with Gasteiger partial charge in [-0.1, -0.05) is 38.0 Å². The highest BCUT2D eigenvalue weighted by Gasteiger charge is 2.03. The van der Waals surface area contributed by atoms with E-state index in [2.05, 4.69) is 41.1 Å². The van der Waals surface area contributed by atoms with Crippen LogP contribution in [0, 0.1) is 17.7 Å². The predicted molar refractivity (Wildman–Crippen MR) is 103 cm³/mol. The topological polar surface area (TPSA) is 21.6 Å². The lowest BCUT2D eigenvalue weighted by atomic mass is 10.1. The summed E-state index contributed by atoms with van der Waals surface area (Å²) >= 11 is 4.56. The van der Waals surface area contributed by atoms with Crippen LogP contribution in [0.15, 0.2) is 47.5 Å². The van der Waals surface area contributed by atoms with Gasteiger partial charge in [-0.15, -0.1) is 0 Å². The van der Waals surface area contributed by atoms with Crippen molar-refractivity contribution in [3.8, 4) is 17.6 Å². The van der Waals surface area contributed by atoms with E-state index in [0.29, 0.717) is 12.2 Å². The van der Waals surface area contributed by atoms with E-state index in [1.807, 2.05) is 12.1 Å². The van der Waals surface area contributed by atoms with Crippen molar-refractivity contribution < 1.29 is 9.13 Å². The molecule has 0 aliphatic heterocycles. The Morgan fingerprint density at radius 1 is 1.00 bits per heavy atom. The number of aliphatic imine (C=N–C) groups is 1. The van der Waals surface area contributed by atoms with E-state index in [1.165, 1.54) is 18.9 Å². The Morgan fingerprint density at radius 3 is 2.40 bits per heavy atom. The first kappa shape index (κ1) is 18.9. The molecule has 0 saturated heterocycles. The lowest BCUT2D eigenvalue weighted by molar-refractivity contribution is 0.290. The molecular formula is C21H20FNOS. The maximum atomic E-state index is 14.1. The maximum Gasteiger partial charge on any atom is 0.166 e. The molecular weight excluding hydrogens is 333 g/mol. The highest BCUT2D eigenvalue weighted by Crippen LogP contribution is 2.19. The Bertz CT molecular complexity index is 799. The number of hydrogen-bond acceptors (Lipinski definition) is 3. The van der Waals surface area contributed by atoms with Crippen LogP contribution in [0.25, 0.3) is 0 Å². The van der Waals surface area contributed by atoms with Crippen molar-refractivity contribution in [3.05, 3.63) is 59.4 Å². The quantitative estimate of drug-likeness (QED) is 0.267. The zero-order chi connectivity index (χ0) is 17.9. The lowest BCUT2D eigenvalue weighted by Gasteiger charge is -2.07. The Morgan fingerprint density at radius 2 is 1.72 bits per heavy atom. The highest BCUT2D eigenvalue weighted by molar-refractivity contribution is 7.78. The van der Waals surface area contributed by atoms with E-state index in [-0.39, 0.29) is 11.6 Å². The molecule has 0 spiro atoms. The third-order valence-electron chi connectivity index (χ3n) is 3.58. The second kappa shape index (κ2) is 10.4. The first-order chi connectivity index (χ1) is 12.2. The van der Waals surface area contributed by atoms with E-state index >= 15 is 0 Å². The fourth-order valence-electron chi connectivity index (χ4n) is 2.22. The first-order valence-electron chi connectivity index (χ1n) is 8.35. The monoisotopic (exact) mass is 353 g/mol. The second-order valence-corrected chi connectivity index (χ2v) is 5.74. The van der Waals surface area contributed by atoms with Crippen LogP contribution >= 0.6 is 12.2 Å². The smallest absolute Gasteiger partial charge is 0.166 e. The minimum absolute atomic E-state index is 0.282. The highest BCUT2D eigenvalue weighted by atomic mass is 32.1. The van der Waals surface area contributed by atoms with Gasteiger partial charge in [0.15, 0.2) is 11.6 Å². The van der Waals surface area contributed by atoms with Crippen LogP contribution in [0.5, 0.6) is 5.75 Å². The summed E-state index contributed by atoms with van der Waals surface area (Å²) in [5.74, 6) is 5.85. The van der Waals surface area contributed by atoms with Gasteiger partial charge in [-0.3, -0.25) is 0 Å². The Labute approximate surface area is 153 Å². The molecule has 0 bridgehead atoms. The molecule has 0 aromatic heterocycles. The van der Waals surface area contributed by atoms with E-state index in [4.69, 9.17) is 4.74 Å². The molecule has 2 rings (SSSR count). The van der Waals surface area contributed by atoms with Crippen molar-refractivity contribution in [2.24, 2.45) is 4.99 Å². The van der Waals surface area contributed by atoms with Crippen LogP contribution in [0.3, 0.4) is 0 Å². The number of benzene rings is 2. The summed E-state index contributed by atoms with van der Waals surface area (Å²) in [5.41, 5.74) is 2.16. The fourth-order valence-corrected chi connectivity index (χ4v) is 2.33. The summed E-state index contributed by atoms with van der Waals surface area (Å²) in [7, 11) is 0. The Kier molecular flexibility index (Phi) is 7.85. The number of rotatable bonds is 7. The minimum atomic E-state index is -0.382. The zero-order valence-electron chi connectivity index (χ0n) is 14.2. The van der Waals surface area contributed by atoms with Gasteiger partial charge in [-0.25, -0.2) is 4.39 Å². The van der Waals surface area contributed by atoms with E-state index < -0.39 is 0 Å². The molecule has 0 radical (unpaired) electrons. The number of isothiocyanates is 1. The molecule has 25 heavy (non-hydrogen) atoms. The standard InChI is InChI=1S/C21H20FNOS/c1-2-3-4-5-14-24-21-13-10-18(15-20(21)22)7-6-17-8-11-19(12-9-17)23-16-25/h8-13,15H,2-5,14H2,1H3.